The van der Waals surface area contributed by atoms with Crippen molar-refractivity contribution in [1.29, 1.82) is 0 Å². The van der Waals surface area contributed by atoms with E-state index in [1.54, 1.807) is 6.33 Å². The fourth-order valence-corrected chi connectivity index (χ4v) is 4.55. The van der Waals surface area contributed by atoms with Crippen LogP contribution < -0.4 is 5.32 Å². The third-order valence-electron chi connectivity index (χ3n) is 3.78. The minimum atomic E-state index is -2.83. The molecule has 2 fully saturated rings. The predicted octanol–water partition coefficient (Wildman–Crippen LogP) is 0.320. The lowest BCUT2D eigenvalue weighted by Crippen LogP contribution is -2.16. The molecule has 2 aliphatic heterocycles. The fraction of sp³-hybridized carbons (Fsp3) is 0.727. The zero-order chi connectivity index (χ0) is 11.9. The van der Waals surface area contributed by atoms with Crippen LogP contribution in [0.3, 0.4) is 0 Å². The standard InChI is InChI=1S/C11H17N3O2S/c15-17(16)4-2-10(7-17)14-8-13-6-11(14)9-1-3-12-5-9/h6,8-10,12H,1-5,7H2. The molecule has 0 aliphatic carbocycles. The molecule has 1 aromatic rings. The van der Waals surface area contributed by atoms with Crippen molar-refractivity contribution >= 4 is 9.84 Å². The zero-order valence-electron chi connectivity index (χ0n) is 9.67. The van der Waals surface area contributed by atoms with Crippen LogP contribution in [0.25, 0.3) is 0 Å². The molecule has 2 atom stereocenters. The van der Waals surface area contributed by atoms with Gasteiger partial charge >= 0.3 is 0 Å². The number of hydrogen-bond donors (Lipinski definition) is 1. The molecular weight excluding hydrogens is 238 g/mol. The fourth-order valence-electron chi connectivity index (χ4n) is 2.84. The quantitative estimate of drug-likeness (QED) is 0.826. The first-order chi connectivity index (χ1) is 8.16. The maximum atomic E-state index is 11.5. The molecule has 6 heteroatoms. The molecule has 0 amide bonds. The lowest BCUT2D eigenvalue weighted by atomic mass is 10.0. The van der Waals surface area contributed by atoms with Gasteiger partial charge in [-0.25, -0.2) is 13.4 Å². The average Bonchev–Trinajstić information content (AvgIpc) is 2.93. The molecule has 1 aromatic heterocycles. The predicted molar refractivity (Wildman–Crippen MR) is 64.8 cm³/mol. The van der Waals surface area contributed by atoms with Gasteiger partial charge in [-0.15, -0.1) is 0 Å². The van der Waals surface area contributed by atoms with Crippen molar-refractivity contribution in [3.8, 4) is 0 Å². The Morgan fingerprint density at radius 3 is 2.94 bits per heavy atom. The van der Waals surface area contributed by atoms with Gasteiger partial charge in [0.2, 0.25) is 0 Å². The minimum absolute atomic E-state index is 0.0955. The van der Waals surface area contributed by atoms with E-state index in [4.69, 9.17) is 0 Å². The van der Waals surface area contributed by atoms with E-state index < -0.39 is 9.84 Å². The van der Waals surface area contributed by atoms with E-state index >= 15 is 0 Å². The Kier molecular flexibility index (Phi) is 2.71. The molecule has 3 rings (SSSR count). The first-order valence-corrected chi connectivity index (χ1v) is 7.91. The second-order valence-corrected chi connectivity index (χ2v) is 7.20. The first-order valence-electron chi connectivity index (χ1n) is 6.08. The molecule has 0 saturated carbocycles. The molecule has 0 spiro atoms. The summed E-state index contributed by atoms with van der Waals surface area (Å²) in [5.41, 5.74) is 1.19. The second-order valence-electron chi connectivity index (χ2n) is 4.97. The molecule has 1 N–H and O–H groups in total. The molecule has 17 heavy (non-hydrogen) atoms. The summed E-state index contributed by atoms with van der Waals surface area (Å²) < 4.78 is 25.1. The van der Waals surface area contributed by atoms with Crippen LogP contribution in [-0.4, -0.2) is 42.6 Å². The van der Waals surface area contributed by atoms with Crippen molar-refractivity contribution in [2.24, 2.45) is 0 Å². The van der Waals surface area contributed by atoms with Gasteiger partial charge in [-0.1, -0.05) is 0 Å². The van der Waals surface area contributed by atoms with Crippen LogP contribution in [0.1, 0.15) is 30.5 Å². The molecule has 0 bridgehead atoms. The first kappa shape index (κ1) is 11.2. The van der Waals surface area contributed by atoms with Crippen LogP contribution in [0.2, 0.25) is 0 Å². The number of sulfone groups is 1. The number of rotatable bonds is 2. The van der Waals surface area contributed by atoms with Crippen LogP contribution in [0.4, 0.5) is 0 Å². The van der Waals surface area contributed by atoms with Crippen molar-refractivity contribution in [3.63, 3.8) is 0 Å². The van der Waals surface area contributed by atoms with Gasteiger partial charge in [-0.2, -0.15) is 0 Å². The highest BCUT2D eigenvalue weighted by Crippen LogP contribution is 2.29. The molecule has 94 valence electrons. The van der Waals surface area contributed by atoms with Gasteiger partial charge in [0.25, 0.3) is 0 Å². The Hall–Kier alpha value is -0.880. The number of nitrogens with one attached hydrogen (secondary N) is 1. The van der Waals surface area contributed by atoms with Gasteiger partial charge in [0.1, 0.15) is 0 Å². The topological polar surface area (TPSA) is 64.0 Å². The van der Waals surface area contributed by atoms with E-state index in [9.17, 15) is 8.42 Å². The van der Waals surface area contributed by atoms with Crippen molar-refractivity contribution in [3.05, 3.63) is 18.2 Å². The molecule has 0 aromatic carbocycles. The van der Waals surface area contributed by atoms with Gasteiger partial charge in [0.15, 0.2) is 9.84 Å². The smallest absolute Gasteiger partial charge is 0.152 e. The van der Waals surface area contributed by atoms with Crippen LogP contribution in [0.15, 0.2) is 12.5 Å². The normalized spacial score (nSPS) is 32.0. The van der Waals surface area contributed by atoms with Gasteiger partial charge in [-0.05, 0) is 19.4 Å². The number of imidazole rings is 1. The van der Waals surface area contributed by atoms with Crippen molar-refractivity contribution in [2.45, 2.75) is 24.8 Å². The van der Waals surface area contributed by atoms with Gasteiger partial charge in [0.05, 0.1) is 17.8 Å². The Bertz CT molecular complexity index is 503. The third-order valence-corrected chi connectivity index (χ3v) is 5.53. The second kappa shape index (κ2) is 4.10. The molecule has 3 heterocycles. The summed E-state index contributed by atoms with van der Waals surface area (Å²) in [6, 6.07) is 0.0955. The molecule has 2 unspecified atom stereocenters. The summed E-state index contributed by atoms with van der Waals surface area (Å²) >= 11 is 0. The minimum Gasteiger partial charge on any atom is -0.330 e. The molecular formula is C11H17N3O2S. The van der Waals surface area contributed by atoms with E-state index in [0.29, 0.717) is 11.7 Å². The summed E-state index contributed by atoms with van der Waals surface area (Å²) in [5, 5.41) is 3.34. The van der Waals surface area contributed by atoms with E-state index in [1.165, 1.54) is 5.69 Å². The number of hydrogen-bond acceptors (Lipinski definition) is 4. The summed E-state index contributed by atoms with van der Waals surface area (Å²) in [6.07, 6.45) is 5.53. The van der Waals surface area contributed by atoms with Crippen molar-refractivity contribution in [1.82, 2.24) is 14.9 Å². The van der Waals surface area contributed by atoms with E-state index in [0.717, 1.165) is 25.9 Å². The van der Waals surface area contributed by atoms with Gasteiger partial charge in [0, 0.05) is 30.4 Å². The maximum absolute atomic E-state index is 11.5. The largest absolute Gasteiger partial charge is 0.330 e. The van der Waals surface area contributed by atoms with Gasteiger partial charge < -0.3 is 9.88 Å². The molecule has 2 saturated heterocycles. The van der Waals surface area contributed by atoms with Crippen LogP contribution >= 0.6 is 0 Å². The summed E-state index contributed by atoms with van der Waals surface area (Å²) in [6.45, 7) is 2.02. The highest BCUT2D eigenvalue weighted by molar-refractivity contribution is 7.91. The number of aromatic nitrogens is 2. The molecule has 5 nitrogen and oxygen atoms in total. The third kappa shape index (κ3) is 2.11. The van der Waals surface area contributed by atoms with Crippen LogP contribution in [0, 0.1) is 0 Å². The van der Waals surface area contributed by atoms with Crippen LogP contribution in [-0.2, 0) is 9.84 Å². The zero-order valence-corrected chi connectivity index (χ0v) is 10.5. The SMILES string of the molecule is O=S1(=O)CCC(n2cncc2C2CCNC2)C1. The Balaban J connectivity index is 1.86. The highest BCUT2D eigenvalue weighted by Gasteiger charge is 2.31. The lowest BCUT2D eigenvalue weighted by molar-refractivity contribution is 0.517. The Morgan fingerprint density at radius 1 is 1.41 bits per heavy atom. The van der Waals surface area contributed by atoms with Crippen molar-refractivity contribution < 1.29 is 8.42 Å². The van der Waals surface area contributed by atoms with E-state index in [1.807, 2.05) is 6.20 Å². The van der Waals surface area contributed by atoms with Crippen molar-refractivity contribution in [2.75, 3.05) is 24.6 Å². The summed E-state index contributed by atoms with van der Waals surface area (Å²) in [4.78, 5) is 4.20. The Morgan fingerprint density at radius 2 is 2.29 bits per heavy atom. The Labute approximate surface area is 101 Å². The van der Waals surface area contributed by atoms with E-state index in [-0.39, 0.29) is 11.8 Å². The average molecular weight is 255 g/mol. The maximum Gasteiger partial charge on any atom is 0.152 e. The summed E-state index contributed by atoms with van der Waals surface area (Å²) in [5.74, 6) is 1.08. The molecule has 2 aliphatic rings. The van der Waals surface area contributed by atoms with E-state index in [2.05, 4.69) is 14.9 Å². The summed E-state index contributed by atoms with van der Waals surface area (Å²) in [7, 11) is -2.83. The molecule has 0 radical (unpaired) electrons. The highest BCUT2D eigenvalue weighted by atomic mass is 32.2. The van der Waals surface area contributed by atoms with Gasteiger partial charge in [-0.3, -0.25) is 0 Å². The van der Waals surface area contributed by atoms with Crippen LogP contribution in [0.5, 0.6) is 0 Å². The number of nitrogens with zero attached hydrogens (tertiary/aromatic N) is 2. The monoisotopic (exact) mass is 255 g/mol. The lowest BCUT2D eigenvalue weighted by Gasteiger charge is -2.17.